The first-order chi connectivity index (χ1) is 17.6. The summed E-state index contributed by atoms with van der Waals surface area (Å²) in [7, 11) is 0. The van der Waals surface area contributed by atoms with Gasteiger partial charge in [-0.3, -0.25) is 9.69 Å². The number of hydrogen-bond donors (Lipinski definition) is 2. The molecule has 1 fully saturated rings. The minimum absolute atomic E-state index is 0.0240. The summed E-state index contributed by atoms with van der Waals surface area (Å²) >= 11 is 0. The van der Waals surface area contributed by atoms with Crippen molar-refractivity contribution >= 4 is 23.5 Å². The number of nitriles is 1. The fraction of sp³-hybridized carbons (Fsp3) is 0.308. The number of ketones is 1. The number of aliphatic hydroxyl groups excluding tert-OH is 1. The molecule has 0 radical (unpaired) electrons. The van der Waals surface area contributed by atoms with E-state index in [4.69, 9.17) is 5.26 Å². The predicted molar refractivity (Wildman–Crippen MR) is 124 cm³/mol. The lowest BCUT2D eigenvalue weighted by Crippen LogP contribution is -2.57. The number of allylic oxidation sites excluding steroid dienone is 1. The van der Waals surface area contributed by atoms with E-state index in [1.807, 2.05) is 6.07 Å². The van der Waals surface area contributed by atoms with Crippen LogP contribution in [0, 0.1) is 11.3 Å². The third-order valence-corrected chi connectivity index (χ3v) is 6.93. The van der Waals surface area contributed by atoms with Crippen LogP contribution in [0.2, 0.25) is 0 Å². The number of urea groups is 2. The average molecular weight is 510 g/mol. The van der Waals surface area contributed by atoms with Crippen LogP contribution in [0.1, 0.15) is 48.4 Å². The number of hydrogen-bond acceptors (Lipinski definition) is 5. The van der Waals surface area contributed by atoms with Crippen molar-refractivity contribution in [1.82, 2.24) is 10.2 Å². The molecular weight excluding hydrogens is 489 g/mol. The smallest absolute Gasteiger partial charge is 0.394 e. The second kappa shape index (κ2) is 8.74. The first-order valence-electron chi connectivity index (χ1n) is 11.6. The van der Waals surface area contributed by atoms with E-state index in [1.165, 1.54) is 30.3 Å². The molecule has 0 spiro atoms. The minimum Gasteiger partial charge on any atom is -0.394 e. The van der Waals surface area contributed by atoms with Gasteiger partial charge in [0.05, 0.1) is 41.1 Å². The number of aliphatic hydroxyl groups is 1. The summed E-state index contributed by atoms with van der Waals surface area (Å²) in [6, 6.07) is 9.22. The lowest BCUT2D eigenvalue weighted by molar-refractivity contribution is -0.137. The first kappa shape index (κ1) is 24.5. The summed E-state index contributed by atoms with van der Waals surface area (Å²) in [5, 5.41) is 21.5. The molecule has 1 atom stereocenters. The molecule has 1 heterocycles. The predicted octanol–water partition coefficient (Wildman–Crippen LogP) is 4.41. The molecule has 37 heavy (non-hydrogen) atoms. The van der Waals surface area contributed by atoms with Crippen molar-refractivity contribution in [2.24, 2.45) is 0 Å². The summed E-state index contributed by atoms with van der Waals surface area (Å²) in [5.74, 6) is -0.338. The number of carbonyl (C=O) groups excluding carboxylic acids is 3. The number of amides is 4. The Bertz CT molecular complexity index is 1370. The molecule has 8 nitrogen and oxygen atoms in total. The van der Waals surface area contributed by atoms with Crippen LogP contribution in [0.25, 0.3) is 0 Å². The van der Waals surface area contributed by atoms with Crippen molar-refractivity contribution in [2.75, 3.05) is 11.5 Å². The van der Waals surface area contributed by atoms with Crippen molar-refractivity contribution < 1.29 is 32.7 Å². The van der Waals surface area contributed by atoms with E-state index in [9.17, 15) is 32.7 Å². The average Bonchev–Trinajstić information content (AvgIpc) is 3.56. The topological polar surface area (TPSA) is 114 Å². The number of halogens is 3. The summed E-state index contributed by atoms with van der Waals surface area (Å²) in [6.07, 6.45) is -3.56. The van der Waals surface area contributed by atoms with Gasteiger partial charge in [0, 0.05) is 17.7 Å². The van der Waals surface area contributed by atoms with Gasteiger partial charge in [0.15, 0.2) is 5.78 Å². The van der Waals surface area contributed by atoms with Crippen molar-refractivity contribution in [1.29, 1.82) is 5.26 Å². The number of rotatable bonds is 4. The SMILES string of the molecule is N#Cc1ccc(C2C3=C(CCC3=O)N(c3cccc(C(F)(F)F)c3)C(=O)N2C(=O)NC2(CO)CC2)cc1. The number of imide groups is 1. The molecule has 2 N–H and O–H groups in total. The Morgan fingerprint density at radius 3 is 2.43 bits per heavy atom. The van der Waals surface area contributed by atoms with Crippen LogP contribution in [0.3, 0.4) is 0 Å². The maximum Gasteiger partial charge on any atom is 0.416 e. The minimum atomic E-state index is -4.67. The molecule has 190 valence electrons. The molecule has 2 aliphatic carbocycles. The highest BCUT2D eigenvalue weighted by molar-refractivity contribution is 6.12. The van der Waals surface area contributed by atoms with Crippen LogP contribution in [0.15, 0.2) is 59.8 Å². The van der Waals surface area contributed by atoms with Crippen molar-refractivity contribution in [3.63, 3.8) is 0 Å². The molecule has 0 saturated heterocycles. The maximum absolute atomic E-state index is 13.9. The maximum atomic E-state index is 13.9. The highest BCUT2D eigenvalue weighted by Gasteiger charge is 2.51. The quantitative estimate of drug-likeness (QED) is 0.633. The number of nitrogens with zero attached hydrogens (tertiary/aromatic N) is 3. The van der Waals surface area contributed by atoms with Crippen LogP contribution in [0.4, 0.5) is 28.4 Å². The fourth-order valence-electron chi connectivity index (χ4n) is 4.78. The molecule has 0 aromatic heterocycles. The third kappa shape index (κ3) is 4.23. The Balaban J connectivity index is 1.67. The summed E-state index contributed by atoms with van der Waals surface area (Å²) in [6.45, 7) is -0.355. The lowest BCUT2D eigenvalue weighted by atomic mass is 9.92. The van der Waals surface area contributed by atoms with E-state index >= 15 is 0 Å². The number of anilines is 1. The molecule has 0 bridgehead atoms. The van der Waals surface area contributed by atoms with Crippen LogP contribution in [0.5, 0.6) is 0 Å². The molecule has 4 amide bonds. The van der Waals surface area contributed by atoms with Gasteiger partial charge in [-0.05, 0) is 55.2 Å². The molecular formula is C26H21F3N4O4. The van der Waals surface area contributed by atoms with Crippen LogP contribution < -0.4 is 10.2 Å². The highest BCUT2D eigenvalue weighted by atomic mass is 19.4. The van der Waals surface area contributed by atoms with E-state index in [0.29, 0.717) is 24.0 Å². The van der Waals surface area contributed by atoms with Gasteiger partial charge in [0.2, 0.25) is 0 Å². The van der Waals surface area contributed by atoms with Crippen LogP contribution in [-0.4, -0.2) is 40.0 Å². The Labute approximate surface area is 209 Å². The zero-order valence-electron chi connectivity index (χ0n) is 19.4. The van der Waals surface area contributed by atoms with Crippen LogP contribution >= 0.6 is 0 Å². The van der Waals surface area contributed by atoms with Gasteiger partial charge in [0.1, 0.15) is 0 Å². The Kier molecular flexibility index (Phi) is 5.79. The highest BCUT2D eigenvalue weighted by Crippen LogP contribution is 2.46. The molecule has 1 unspecified atom stereocenters. The molecule has 2 aromatic rings. The number of benzene rings is 2. The van der Waals surface area contributed by atoms with Crippen molar-refractivity contribution in [3.05, 3.63) is 76.5 Å². The second-order valence-corrected chi connectivity index (χ2v) is 9.32. The molecule has 1 aliphatic heterocycles. The number of nitrogens with one attached hydrogen (secondary N) is 1. The van der Waals surface area contributed by atoms with Gasteiger partial charge >= 0.3 is 18.2 Å². The molecule has 11 heteroatoms. The molecule has 5 rings (SSSR count). The van der Waals surface area contributed by atoms with Crippen LogP contribution in [-0.2, 0) is 11.0 Å². The van der Waals surface area contributed by atoms with E-state index in [-0.39, 0.29) is 42.2 Å². The first-order valence-corrected chi connectivity index (χ1v) is 11.6. The Morgan fingerprint density at radius 2 is 1.84 bits per heavy atom. The third-order valence-electron chi connectivity index (χ3n) is 6.93. The zero-order valence-corrected chi connectivity index (χ0v) is 19.4. The summed E-state index contributed by atoms with van der Waals surface area (Å²) < 4.78 is 40.4. The van der Waals surface area contributed by atoms with Gasteiger partial charge in [-0.25, -0.2) is 14.5 Å². The van der Waals surface area contributed by atoms with Gasteiger partial charge in [0.25, 0.3) is 0 Å². The summed E-state index contributed by atoms with van der Waals surface area (Å²) in [4.78, 5) is 42.4. The van der Waals surface area contributed by atoms with E-state index in [0.717, 1.165) is 28.0 Å². The van der Waals surface area contributed by atoms with E-state index in [2.05, 4.69) is 5.32 Å². The number of alkyl halides is 3. The van der Waals surface area contributed by atoms with Gasteiger partial charge in [-0.15, -0.1) is 0 Å². The number of Topliss-reactive ketones (excluding diaryl/α,β-unsaturated/α-hetero) is 1. The monoisotopic (exact) mass is 510 g/mol. The number of carbonyl (C=O) groups is 3. The van der Waals surface area contributed by atoms with E-state index < -0.39 is 35.4 Å². The van der Waals surface area contributed by atoms with Gasteiger partial charge in [-0.2, -0.15) is 18.4 Å². The molecule has 3 aliphatic rings. The zero-order chi connectivity index (χ0) is 26.5. The molecule has 1 saturated carbocycles. The standard InChI is InChI=1S/C26H21F3N4O4/c27-26(28,29)17-2-1-3-18(12-17)32-19-8-9-20(35)21(19)22(16-6-4-15(13-30)5-7-16)33(24(32)37)23(36)31-25(14-34)10-11-25/h1-7,12,22,34H,8-11,14H2,(H,31,36). The normalized spacial score (nSPS) is 20.6. The largest absolute Gasteiger partial charge is 0.416 e. The fourth-order valence-corrected chi connectivity index (χ4v) is 4.78. The van der Waals surface area contributed by atoms with Crippen molar-refractivity contribution in [3.8, 4) is 6.07 Å². The van der Waals surface area contributed by atoms with Gasteiger partial charge in [-0.1, -0.05) is 18.2 Å². The van der Waals surface area contributed by atoms with E-state index in [1.54, 1.807) is 0 Å². The van der Waals surface area contributed by atoms with Crippen molar-refractivity contribution in [2.45, 2.75) is 43.4 Å². The summed E-state index contributed by atoms with van der Waals surface area (Å²) in [5.41, 5.74) is -0.920. The Hall–Kier alpha value is -4.17. The Morgan fingerprint density at radius 1 is 1.14 bits per heavy atom. The molecule has 2 aromatic carbocycles. The van der Waals surface area contributed by atoms with Gasteiger partial charge < -0.3 is 10.4 Å². The second-order valence-electron chi connectivity index (χ2n) is 9.32. The lowest BCUT2D eigenvalue weighted by Gasteiger charge is -2.41.